The number of carboxylic acids is 1. The smallest absolute Gasteiger partial charge is 0.340 e. The van der Waals surface area contributed by atoms with E-state index in [9.17, 15) is 9.90 Å². The molecule has 0 atom stereocenters. The zero-order chi connectivity index (χ0) is 15.1. The Hall–Kier alpha value is -2.11. The van der Waals surface area contributed by atoms with Crippen LogP contribution >= 0.6 is 0 Å². The second-order valence-electron chi connectivity index (χ2n) is 4.42. The fourth-order valence-corrected chi connectivity index (χ4v) is 2.05. The van der Waals surface area contributed by atoms with Crippen molar-refractivity contribution in [1.29, 1.82) is 0 Å². The van der Waals surface area contributed by atoms with Crippen LogP contribution < -0.4 is 4.74 Å². The van der Waals surface area contributed by atoms with Gasteiger partial charge < -0.3 is 19.3 Å². The second-order valence-corrected chi connectivity index (χ2v) is 4.42. The van der Waals surface area contributed by atoms with Crippen LogP contribution in [0, 0.1) is 0 Å². The van der Waals surface area contributed by atoms with E-state index < -0.39 is 5.97 Å². The fourth-order valence-electron chi connectivity index (χ4n) is 2.05. The molecule has 0 aliphatic rings. The molecule has 0 radical (unpaired) electrons. The quantitative estimate of drug-likeness (QED) is 0.757. The number of fused-ring (bicyclic) bond motifs is 1. The van der Waals surface area contributed by atoms with E-state index in [4.69, 9.17) is 14.2 Å². The first kappa shape index (κ1) is 15.3. The van der Waals surface area contributed by atoms with Crippen molar-refractivity contribution in [3.8, 4) is 5.75 Å². The van der Waals surface area contributed by atoms with E-state index in [-0.39, 0.29) is 5.56 Å². The first-order valence-corrected chi connectivity index (χ1v) is 6.68. The van der Waals surface area contributed by atoms with Gasteiger partial charge in [-0.2, -0.15) is 0 Å². The maximum atomic E-state index is 11.5. The predicted molar refractivity (Wildman–Crippen MR) is 79.1 cm³/mol. The van der Waals surface area contributed by atoms with Crippen molar-refractivity contribution in [1.82, 2.24) is 0 Å². The van der Waals surface area contributed by atoms with Crippen molar-refractivity contribution in [2.45, 2.75) is 0 Å². The molecular weight excluding hydrogens is 272 g/mol. The average Bonchev–Trinajstić information content (AvgIpc) is 2.50. The molecule has 2 rings (SSSR count). The van der Waals surface area contributed by atoms with Crippen LogP contribution in [0.25, 0.3) is 10.8 Å². The molecule has 5 nitrogen and oxygen atoms in total. The summed E-state index contributed by atoms with van der Waals surface area (Å²) in [5, 5.41) is 11.0. The summed E-state index contributed by atoms with van der Waals surface area (Å²) in [5.41, 5.74) is 0.185. The molecule has 0 bridgehead atoms. The van der Waals surface area contributed by atoms with E-state index >= 15 is 0 Å². The lowest BCUT2D eigenvalue weighted by atomic mass is 10.0. The predicted octanol–water partition coefficient (Wildman–Crippen LogP) is 2.58. The van der Waals surface area contributed by atoms with Crippen LogP contribution in [0.2, 0.25) is 0 Å². The van der Waals surface area contributed by atoms with E-state index in [1.54, 1.807) is 19.2 Å². The van der Waals surface area contributed by atoms with Crippen LogP contribution in [0.5, 0.6) is 5.75 Å². The lowest BCUT2D eigenvalue weighted by Gasteiger charge is -2.11. The van der Waals surface area contributed by atoms with E-state index in [2.05, 4.69) is 0 Å². The molecule has 0 saturated heterocycles. The molecule has 0 spiro atoms. The molecule has 0 amide bonds. The van der Waals surface area contributed by atoms with Crippen molar-refractivity contribution in [3.63, 3.8) is 0 Å². The summed E-state index contributed by atoms with van der Waals surface area (Å²) in [6, 6.07) is 10.9. The van der Waals surface area contributed by atoms with Gasteiger partial charge in [0, 0.05) is 7.11 Å². The minimum atomic E-state index is -0.998. The molecule has 0 aliphatic carbocycles. The largest absolute Gasteiger partial charge is 0.490 e. The van der Waals surface area contributed by atoms with Gasteiger partial charge in [0.2, 0.25) is 0 Å². The number of benzene rings is 2. The van der Waals surface area contributed by atoms with Crippen molar-refractivity contribution < 1.29 is 24.1 Å². The SMILES string of the molecule is COCCOCCOc1ccc2ccccc2c1C(=O)O. The summed E-state index contributed by atoms with van der Waals surface area (Å²) in [7, 11) is 1.61. The van der Waals surface area contributed by atoms with Crippen LogP contribution in [-0.2, 0) is 9.47 Å². The van der Waals surface area contributed by atoms with Crippen molar-refractivity contribution in [2.24, 2.45) is 0 Å². The number of carbonyl (C=O) groups is 1. The van der Waals surface area contributed by atoms with Gasteiger partial charge in [0.15, 0.2) is 0 Å². The van der Waals surface area contributed by atoms with E-state index in [1.807, 2.05) is 24.3 Å². The Balaban J connectivity index is 2.09. The Morgan fingerprint density at radius 1 is 1.05 bits per heavy atom. The zero-order valence-corrected chi connectivity index (χ0v) is 11.9. The first-order valence-electron chi connectivity index (χ1n) is 6.68. The summed E-state index contributed by atoms with van der Waals surface area (Å²) in [5.74, 6) is -0.640. The lowest BCUT2D eigenvalue weighted by molar-refractivity contribution is 0.0536. The van der Waals surface area contributed by atoms with Gasteiger partial charge in [0.05, 0.1) is 19.8 Å². The molecule has 0 heterocycles. The third-order valence-corrected chi connectivity index (χ3v) is 3.02. The molecular formula is C16H18O5. The third-order valence-electron chi connectivity index (χ3n) is 3.02. The highest BCUT2D eigenvalue weighted by molar-refractivity contribution is 6.06. The van der Waals surface area contributed by atoms with Gasteiger partial charge in [-0.05, 0) is 16.8 Å². The molecule has 2 aromatic carbocycles. The van der Waals surface area contributed by atoms with Crippen molar-refractivity contribution >= 4 is 16.7 Å². The maximum Gasteiger partial charge on any atom is 0.340 e. The lowest BCUT2D eigenvalue weighted by Crippen LogP contribution is -2.12. The van der Waals surface area contributed by atoms with Gasteiger partial charge >= 0.3 is 5.97 Å². The number of methoxy groups -OCH3 is 1. The minimum absolute atomic E-state index is 0.185. The van der Waals surface area contributed by atoms with Gasteiger partial charge in [-0.3, -0.25) is 0 Å². The summed E-state index contributed by atoms with van der Waals surface area (Å²) in [4.78, 5) is 11.5. The number of carboxylic acid groups (broad SMARTS) is 1. The number of hydrogen-bond acceptors (Lipinski definition) is 4. The Kier molecular flexibility index (Phi) is 5.54. The number of ether oxygens (including phenoxy) is 3. The Labute approximate surface area is 123 Å². The molecule has 0 aliphatic heterocycles. The monoisotopic (exact) mass is 290 g/mol. The first-order chi connectivity index (χ1) is 10.2. The van der Waals surface area contributed by atoms with Crippen LogP contribution in [0.3, 0.4) is 0 Å². The van der Waals surface area contributed by atoms with Gasteiger partial charge in [0.1, 0.15) is 17.9 Å². The number of hydrogen-bond donors (Lipinski definition) is 1. The Morgan fingerprint density at radius 2 is 1.81 bits per heavy atom. The standard InChI is InChI=1S/C16H18O5/c1-19-8-9-20-10-11-21-14-7-6-12-4-2-3-5-13(12)15(14)16(17)18/h2-7H,8-11H2,1H3,(H,17,18). The van der Waals surface area contributed by atoms with Gasteiger partial charge in [-0.25, -0.2) is 4.79 Å². The van der Waals surface area contributed by atoms with Crippen LogP contribution in [0.15, 0.2) is 36.4 Å². The molecule has 0 fully saturated rings. The molecule has 112 valence electrons. The summed E-state index contributed by atoms with van der Waals surface area (Å²) < 4.78 is 15.7. The summed E-state index contributed by atoms with van der Waals surface area (Å²) in [6.45, 7) is 1.69. The van der Waals surface area contributed by atoms with Gasteiger partial charge in [-0.1, -0.05) is 30.3 Å². The third kappa shape index (κ3) is 3.93. The highest BCUT2D eigenvalue weighted by Gasteiger charge is 2.15. The Morgan fingerprint density at radius 3 is 2.57 bits per heavy atom. The molecule has 0 aromatic heterocycles. The van der Waals surface area contributed by atoms with Gasteiger partial charge in [0.25, 0.3) is 0 Å². The molecule has 0 unspecified atom stereocenters. The maximum absolute atomic E-state index is 11.5. The number of rotatable bonds is 8. The van der Waals surface area contributed by atoms with Crippen molar-refractivity contribution in [2.75, 3.05) is 33.5 Å². The summed E-state index contributed by atoms with van der Waals surface area (Å²) >= 11 is 0. The van der Waals surface area contributed by atoms with E-state index in [1.165, 1.54) is 0 Å². The normalized spacial score (nSPS) is 10.7. The van der Waals surface area contributed by atoms with Crippen LogP contribution in [0.1, 0.15) is 10.4 Å². The topological polar surface area (TPSA) is 65.0 Å². The van der Waals surface area contributed by atoms with Crippen LogP contribution in [-0.4, -0.2) is 44.6 Å². The van der Waals surface area contributed by atoms with E-state index in [0.29, 0.717) is 37.6 Å². The molecule has 1 N–H and O–H groups in total. The number of aromatic carboxylic acids is 1. The molecule has 2 aromatic rings. The summed E-state index contributed by atoms with van der Waals surface area (Å²) in [6.07, 6.45) is 0. The Bertz CT molecular complexity index is 609. The minimum Gasteiger partial charge on any atom is -0.490 e. The molecule has 0 saturated carbocycles. The second kappa shape index (κ2) is 7.61. The zero-order valence-electron chi connectivity index (χ0n) is 11.9. The fraction of sp³-hybridized carbons (Fsp3) is 0.312. The average molecular weight is 290 g/mol. The van der Waals surface area contributed by atoms with Gasteiger partial charge in [-0.15, -0.1) is 0 Å². The van der Waals surface area contributed by atoms with E-state index in [0.717, 1.165) is 5.39 Å². The highest BCUT2D eigenvalue weighted by Crippen LogP contribution is 2.28. The molecule has 21 heavy (non-hydrogen) atoms. The van der Waals surface area contributed by atoms with Crippen LogP contribution in [0.4, 0.5) is 0 Å². The molecule has 5 heteroatoms. The van der Waals surface area contributed by atoms with Crippen molar-refractivity contribution in [3.05, 3.63) is 42.0 Å². The highest BCUT2D eigenvalue weighted by atomic mass is 16.5.